The lowest BCUT2D eigenvalue weighted by Crippen LogP contribution is -2.43. The van der Waals surface area contributed by atoms with Crippen molar-refractivity contribution in [1.82, 2.24) is 5.32 Å². The van der Waals surface area contributed by atoms with Gasteiger partial charge in [-0.25, -0.2) is 14.0 Å². The van der Waals surface area contributed by atoms with Crippen LogP contribution in [0.4, 0.5) is 20.6 Å². The fourth-order valence-corrected chi connectivity index (χ4v) is 1.43. The number of non-ortho nitro benzene ring substituents is 1. The van der Waals surface area contributed by atoms with Gasteiger partial charge in [-0.05, 0) is 6.07 Å². The van der Waals surface area contributed by atoms with E-state index in [1.54, 1.807) is 0 Å². The number of carbonyl (C=O) groups is 2. The maximum absolute atomic E-state index is 13.4. The molecule has 0 saturated carbocycles. The highest BCUT2D eigenvalue weighted by Gasteiger charge is 2.20. The maximum Gasteiger partial charge on any atom is 0.326 e. The van der Waals surface area contributed by atoms with E-state index >= 15 is 0 Å². The Morgan fingerprint density at radius 1 is 1.43 bits per heavy atom. The van der Waals surface area contributed by atoms with Crippen molar-refractivity contribution in [3.05, 3.63) is 34.1 Å². The van der Waals surface area contributed by atoms with Crippen LogP contribution in [-0.4, -0.2) is 39.8 Å². The smallest absolute Gasteiger partial charge is 0.326 e. The summed E-state index contributed by atoms with van der Waals surface area (Å²) in [5, 5.41) is 32.0. The normalized spacial score (nSPS) is 11.5. The van der Waals surface area contributed by atoms with Gasteiger partial charge in [0.1, 0.15) is 11.9 Å². The van der Waals surface area contributed by atoms with Crippen molar-refractivity contribution < 1.29 is 29.1 Å². The summed E-state index contributed by atoms with van der Waals surface area (Å²) in [6.45, 7) is -0.470. The number of aliphatic hydroxyl groups is 1. The molecule has 0 aliphatic carbocycles. The van der Waals surface area contributed by atoms with Crippen LogP contribution >= 0.6 is 0 Å². The summed E-state index contributed by atoms with van der Waals surface area (Å²) in [6, 6.07) is 0.101. The number of nitrogens with one attached hydrogen (secondary N) is 2. The number of carboxylic acids is 1. The number of hydrogen-bond acceptors (Lipinski definition) is 5. The topological polar surface area (TPSA) is 142 Å². The highest BCUT2D eigenvalue weighted by atomic mass is 19.1. The lowest BCUT2D eigenvalue weighted by Gasteiger charge is -2.14. The molecule has 0 aromatic heterocycles. The van der Waals surface area contributed by atoms with Gasteiger partial charge in [-0.1, -0.05) is 0 Å². The summed E-state index contributed by atoms with van der Waals surface area (Å²) < 4.78 is 13.4. The Bertz CT molecular complexity index is 565. The Kier molecular flexibility index (Phi) is 5.55. The van der Waals surface area contributed by atoms with E-state index in [2.05, 4.69) is 0 Å². The summed E-state index contributed by atoms with van der Waals surface area (Å²) in [4.78, 5) is 32.1. The minimum atomic E-state index is -1.38. The first-order valence-electron chi connectivity index (χ1n) is 5.70. The molecule has 0 aliphatic rings. The van der Waals surface area contributed by atoms with E-state index < -0.39 is 46.8 Å². The Hall–Kier alpha value is -2.75. The molecule has 1 rings (SSSR count). The number of anilines is 1. The average molecular weight is 301 g/mol. The van der Waals surface area contributed by atoms with Gasteiger partial charge in [-0.3, -0.25) is 10.1 Å². The fourth-order valence-electron chi connectivity index (χ4n) is 1.43. The Labute approximate surface area is 117 Å². The van der Waals surface area contributed by atoms with Crippen molar-refractivity contribution in [3.63, 3.8) is 0 Å². The number of halogens is 1. The van der Waals surface area contributed by atoms with Crippen LogP contribution in [0.1, 0.15) is 6.42 Å². The van der Waals surface area contributed by atoms with Gasteiger partial charge in [0.15, 0.2) is 0 Å². The summed E-state index contributed by atoms with van der Waals surface area (Å²) >= 11 is 0. The molecule has 10 heteroatoms. The molecule has 0 bridgehead atoms. The molecule has 2 amide bonds. The van der Waals surface area contributed by atoms with Crippen LogP contribution in [0.3, 0.4) is 0 Å². The monoisotopic (exact) mass is 301 g/mol. The average Bonchev–Trinajstić information content (AvgIpc) is 2.40. The molecule has 1 aromatic carbocycles. The number of benzene rings is 1. The van der Waals surface area contributed by atoms with Gasteiger partial charge in [0.25, 0.3) is 5.69 Å². The van der Waals surface area contributed by atoms with Gasteiger partial charge in [-0.15, -0.1) is 0 Å². The second-order valence-electron chi connectivity index (χ2n) is 3.92. The van der Waals surface area contributed by atoms with Gasteiger partial charge in [0.05, 0.1) is 10.6 Å². The summed E-state index contributed by atoms with van der Waals surface area (Å²) in [5.74, 6) is -2.29. The van der Waals surface area contributed by atoms with E-state index in [4.69, 9.17) is 10.2 Å². The number of aliphatic carboxylic acids is 1. The number of nitrogens with zero attached hydrogens (tertiary/aromatic N) is 1. The Morgan fingerprint density at radius 2 is 2.10 bits per heavy atom. The van der Waals surface area contributed by atoms with E-state index in [9.17, 15) is 24.1 Å². The van der Waals surface area contributed by atoms with Crippen molar-refractivity contribution in [1.29, 1.82) is 0 Å². The van der Waals surface area contributed by atoms with Crippen molar-refractivity contribution in [2.24, 2.45) is 0 Å². The van der Waals surface area contributed by atoms with Crippen LogP contribution in [0.15, 0.2) is 18.2 Å². The predicted molar refractivity (Wildman–Crippen MR) is 68.3 cm³/mol. The van der Waals surface area contributed by atoms with Crippen LogP contribution in [0, 0.1) is 15.9 Å². The summed E-state index contributed by atoms with van der Waals surface area (Å²) in [6.07, 6.45) is -0.236. The van der Waals surface area contributed by atoms with Gasteiger partial charge < -0.3 is 20.8 Å². The number of carboxylic acid groups (broad SMARTS) is 1. The Morgan fingerprint density at radius 3 is 2.62 bits per heavy atom. The third kappa shape index (κ3) is 4.69. The molecule has 4 N–H and O–H groups in total. The quantitative estimate of drug-likeness (QED) is 0.450. The third-order valence-electron chi connectivity index (χ3n) is 2.43. The molecule has 0 fully saturated rings. The second kappa shape index (κ2) is 7.14. The lowest BCUT2D eigenvalue weighted by molar-refractivity contribution is -0.384. The fraction of sp³-hybridized carbons (Fsp3) is 0.273. The molecule has 9 nitrogen and oxygen atoms in total. The van der Waals surface area contributed by atoms with E-state index in [0.717, 1.165) is 18.2 Å². The van der Waals surface area contributed by atoms with Crippen LogP contribution in [0.5, 0.6) is 0 Å². The minimum absolute atomic E-state index is 0.236. The molecule has 0 radical (unpaired) electrons. The molecule has 114 valence electrons. The first-order valence-corrected chi connectivity index (χ1v) is 5.70. The zero-order valence-corrected chi connectivity index (χ0v) is 10.6. The van der Waals surface area contributed by atoms with Crippen molar-refractivity contribution in [3.8, 4) is 0 Å². The van der Waals surface area contributed by atoms with E-state index in [1.165, 1.54) is 0 Å². The van der Waals surface area contributed by atoms with Crippen LogP contribution in [-0.2, 0) is 4.79 Å². The largest absolute Gasteiger partial charge is 0.480 e. The number of rotatable bonds is 6. The van der Waals surface area contributed by atoms with Gasteiger partial charge in [-0.2, -0.15) is 0 Å². The third-order valence-corrected chi connectivity index (χ3v) is 2.43. The number of urea groups is 1. The molecule has 1 atom stereocenters. The second-order valence-corrected chi connectivity index (χ2v) is 3.92. The zero-order chi connectivity index (χ0) is 16.0. The molecular weight excluding hydrogens is 289 g/mol. The van der Waals surface area contributed by atoms with Crippen LogP contribution in [0.2, 0.25) is 0 Å². The first kappa shape index (κ1) is 16.3. The summed E-state index contributed by atoms with van der Waals surface area (Å²) in [7, 11) is 0. The predicted octanol–water partition coefficient (Wildman–Crippen LogP) is 0.691. The number of carbonyl (C=O) groups excluding carboxylic acids is 1. The Balaban J connectivity index is 2.80. The zero-order valence-electron chi connectivity index (χ0n) is 10.6. The lowest BCUT2D eigenvalue weighted by atomic mass is 10.2. The molecular formula is C11H12FN3O6. The molecule has 0 saturated heterocycles. The summed E-state index contributed by atoms with van der Waals surface area (Å²) in [5.41, 5.74) is -0.897. The van der Waals surface area contributed by atoms with Crippen molar-refractivity contribution >= 4 is 23.4 Å². The molecule has 0 unspecified atom stereocenters. The maximum atomic E-state index is 13.4. The molecule has 21 heavy (non-hydrogen) atoms. The minimum Gasteiger partial charge on any atom is -0.480 e. The first-order chi connectivity index (χ1) is 9.85. The van der Waals surface area contributed by atoms with Gasteiger partial charge >= 0.3 is 12.0 Å². The molecule has 0 aliphatic heterocycles. The van der Waals surface area contributed by atoms with E-state index in [0.29, 0.717) is 0 Å². The van der Waals surface area contributed by atoms with E-state index in [1.807, 2.05) is 10.6 Å². The highest BCUT2D eigenvalue weighted by Crippen LogP contribution is 2.21. The van der Waals surface area contributed by atoms with E-state index in [-0.39, 0.29) is 6.42 Å². The number of nitro benzene ring substituents is 1. The van der Waals surface area contributed by atoms with Crippen LogP contribution < -0.4 is 10.6 Å². The van der Waals surface area contributed by atoms with Gasteiger partial charge in [0.2, 0.25) is 0 Å². The van der Waals surface area contributed by atoms with Gasteiger partial charge in [0, 0.05) is 25.2 Å². The SMILES string of the molecule is O=C(Nc1cc([N+](=O)[O-])ccc1F)N[C@H](CCO)C(=O)O. The number of hydrogen-bond donors (Lipinski definition) is 4. The molecule has 0 heterocycles. The standard InChI is InChI=1S/C11H12FN3O6/c12-7-2-1-6(15(20)21)5-9(7)14-11(19)13-8(3-4-16)10(17)18/h1-2,5,8,16H,3-4H2,(H,17,18)(H2,13,14,19)/t8-/m1/s1. The number of aliphatic hydroxyl groups excluding tert-OH is 1. The molecule has 1 aromatic rings. The van der Waals surface area contributed by atoms with Crippen LogP contribution in [0.25, 0.3) is 0 Å². The van der Waals surface area contributed by atoms with Crippen molar-refractivity contribution in [2.75, 3.05) is 11.9 Å². The number of amides is 2. The van der Waals surface area contributed by atoms with Crippen molar-refractivity contribution in [2.45, 2.75) is 12.5 Å². The highest BCUT2D eigenvalue weighted by molar-refractivity contribution is 5.92. The molecule has 0 spiro atoms. The number of nitro groups is 1.